The Morgan fingerprint density at radius 3 is 2.73 bits per heavy atom. The third-order valence-electron chi connectivity index (χ3n) is 7.06. The summed E-state index contributed by atoms with van der Waals surface area (Å²) in [5, 5.41) is 9.38. The fourth-order valence-corrected chi connectivity index (χ4v) is 4.88. The molecular weight excluding hydrogens is 516 g/mol. The van der Waals surface area contributed by atoms with E-state index in [0.717, 1.165) is 61.6 Å². The van der Waals surface area contributed by atoms with Gasteiger partial charge < -0.3 is 20.6 Å². The summed E-state index contributed by atoms with van der Waals surface area (Å²) in [6, 6.07) is 9.60. The number of nitrogens with zero attached hydrogens (tertiary/aromatic N) is 4. The van der Waals surface area contributed by atoms with Crippen molar-refractivity contribution >= 4 is 41.1 Å². The van der Waals surface area contributed by atoms with Crippen molar-refractivity contribution in [2.75, 3.05) is 32.0 Å². The molecule has 1 aliphatic rings. The Bertz CT molecular complexity index is 1580. The van der Waals surface area contributed by atoms with Crippen molar-refractivity contribution in [1.29, 1.82) is 0 Å². The molecule has 0 spiro atoms. The smallest absolute Gasteiger partial charge is 0.253 e. The van der Waals surface area contributed by atoms with Crippen molar-refractivity contribution in [3.63, 3.8) is 0 Å². The molecule has 1 atom stereocenters. The molecule has 0 aliphatic carbocycles. The monoisotopic (exact) mass is 554 g/mol. The fraction of sp³-hybridized carbons (Fsp3) is 0.323. The zero-order valence-corrected chi connectivity index (χ0v) is 23.7. The Balaban J connectivity index is 0.000000267. The molecule has 1 saturated heterocycles. The fourth-order valence-electron chi connectivity index (χ4n) is 4.88. The van der Waals surface area contributed by atoms with E-state index >= 15 is 0 Å². The highest BCUT2D eigenvalue weighted by atomic mass is 16.1. The van der Waals surface area contributed by atoms with Gasteiger partial charge in [-0.3, -0.25) is 19.5 Å². The molecule has 1 unspecified atom stereocenters. The molecule has 0 radical (unpaired) electrons. The van der Waals surface area contributed by atoms with Gasteiger partial charge in [-0.05, 0) is 56.6 Å². The summed E-state index contributed by atoms with van der Waals surface area (Å²) in [5.41, 5.74) is 2.16. The number of amides is 1. The number of hydrogen-bond acceptors (Lipinski definition) is 7. The van der Waals surface area contributed by atoms with E-state index in [1.807, 2.05) is 43.5 Å². The van der Waals surface area contributed by atoms with Gasteiger partial charge in [-0.25, -0.2) is 9.97 Å². The molecular formula is C31H38N8O2. The first-order valence-corrected chi connectivity index (χ1v) is 13.9. The number of benzene rings is 1. The van der Waals surface area contributed by atoms with E-state index in [1.54, 1.807) is 31.7 Å². The zero-order valence-electron chi connectivity index (χ0n) is 23.7. The maximum atomic E-state index is 12.9. The number of rotatable bonds is 8. The van der Waals surface area contributed by atoms with Crippen molar-refractivity contribution < 1.29 is 9.59 Å². The highest BCUT2D eigenvalue weighted by Gasteiger charge is 2.19. The van der Waals surface area contributed by atoms with Crippen LogP contribution in [0.2, 0.25) is 0 Å². The number of likely N-dealkylation sites (tertiary alicyclic amines) is 1. The number of anilines is 1. The van der Waals surface area contributed by atoms with Gasteiger partial charge in [-0.15, -0.1) is 0 Å². The van der Waals surface area contributed by atoms with Gasteiger partial charge >= 0.3 is 0 Å². The van der Waals surface area contributed by atoms with Gasteiger partial charge in [0.05, 0.1) is 17.2 Å². The van der Waals surface area contributed by atoms with Crippen LogP contribution >= 0.6 is 0 Å². The van der Waals surface area contributed by atoms with Gasteiger partial charge in [0.2, 0.25) is 5.95 Å². The molecule has 10 nitrogen and oxygen atoms in total. The SMILES string of the molecule is C=c1[nH]c(NC)n/c1=C(/C=C\C)C(=O)NCC1CCCN(Cc2cnc[nH]2)CC1.O=Cc1cc2ccccc2cn1. The lowest BCUT2D eigenvalue weighted by molar-refractivity contribution is -0.115. The van der Waals surface area contributed by atoms with E-state index in [2.05, 4.69) is 47.0 Å². The van der Waals surface area contributed by atoms with E-state index in [4.69, 9.17) is 0 Å². The van der Waals surface area contributed by atoms with Crippen LogP contribution in [0.3, 0.4) is 0 Å². The third kappa shape index (κ3) is 8.21. The molecule has 5 rings (SSSR count). The second-order valence-electron chi connectivity index (χ2n) is 10.0. The summed E-state index contributed by atoms with van der Waals surface area (Å²) >= 11 is 0. The standard InChI is InChI=1S/C21H31N7O.C10H7NO/c1-4-6-18(19-15(2)26-21(22-3)27-19)20(29)24-11-16-7-5-9-28(10-8-16)13-17-12-23-14-25-17;12-7-10-5-8-3-1-2-4-9(8)6-11-10/h4,6,12,14,16H,2,5,7-11,13H2,1,3H3,(H,23,25)(H,24,29)(H2,22,26,27);1-7H/b6-4-,19-18-;. The molecule has 1 amide bonds. The topological polar surface area (TPSA) is 132 Å². The Labute approximate surface area is 239 Å². The van der Waals surface area contributed by atoms with Crippen LogP contribution in [0.25, 0.3) is 22.9 Å². The van der Waals surface area contributed by atoms with Crippen LogP contribution in [-0.2, 0) is 11.3 Å². The largest absolute Gasteiger partial charge is 0.359 e. The molecule has 41 heavy (non-hydrogen) atoms. The van der Waals surface area contributed by atoms with Crippen LogP contribution in [0, 0.1) is 5.92 Å². The van der Waals surface area contributed by atoms with E-state index < -0.39 is 0 Å². The van der Waals surface area contributed by atoms with E-state index in [0.29, 0.717) is 40.4 Å². The second kappa shape index (κ2) is 14.7. The van der Waals surface area contributed by atoms with Gasteiger partial charge in [-0.1, -0.05) is 43.0 Å². The number of aromatic amines is 2. The lowest BCUT2D eigenvalue weighted by Gasteiger charge is -2.19. The van der Waals surface area contributed by atoms with Crippen LogP contribution < -0.4 is 21.3 Å². The number of H-pyrrole nitrogens is 2. The lowest BCUT2D eigenvalue weighted by atomic mass is 10.0. The normalized spacial score (nSPS) is 16.5. The molecule has 1 fully saturated rings. The maximum absolute atomic E-state index is 12.9. The number of nitrogens with one attached hydrogen (secondary N) is 4. The minimum atomic E-state index is -0.110. The zero-order chi connectivity index (χ0) is 29.0. The van der Waals surface area contributed by atoms with Gasteiger partial charge in [0, 0.05) is 43.6 Å². The van der Waals surface area contributed by atoms with E-state index in [9.17, 15) is 9.59 Å². The number of imidazole rings is 2. The first-order valence-electron chi connectivity index (χ1n) is 13.9. The molecule has 4 aromatic rings. The number of allylic oxidation sites excluding steroid dienone is 1. The van der Waals surface area contributed by atoms with Crippen LogP contribution in [0.5, 0.6) is 0 Å². The number of hydrogen-bond donors (Lipinski definition) is 4. The Morgan fingerprint density at radius 1 is 1.20 bits per heavy atom. The van der Waals surface area contributed by atoms with Crippen LogP contribution in [0.15, 0.2) is 61.2 Å². The summed E-state index contributed by atoms with van der Waals surface area (Å²) in [4.78, 5) is 44.4. The Morgan fingerprint density at radius 2 is 2.02 bits per heavy atom. The van der Waals surface area contributed by atoms with E-state index in [1.165, 1.54) is 0 Å². The average Bonchev–Trinajstić information content (AvgIpc) is 3.59. The van der Waals surface area contributed by atoms with E-state index in [-0.39, 0.29) is 5.91 Å². The highest BCUT2D eigenvalue weighted by molar-refractivity contribution is 6.16. The van der Waals surface area contributed by atoms with Crippen molar-refractivity contribution in [3.8, 4) is 0 Å². The number of fused-ring (bicyclic) bond motifs is 1. The van der Waals surface area contributed by atoms with Crippen LogP contribution in [0.1, 0.15) is 42.4 Å². The molecule has 1 aromatic carbocycles. The van der Waals surface area contributed by atoms with Gasteiger partial charge in [0.15, 0.2) is 6.29 Å². The van der Waals surface area contributed by atoms with Crippen molar-refractivity contribution in [1.82, 2.24) is 35.1 Å². The molecule has 10 heteroatoms. The quantitative estimate of drug-likeness (QED) is 0.246. The van der Waals surface area contributed by atoms with Crippen molar-refractivity contribution in [2.45, 2.75) is 32.7 Å². The molecule has 4 heterocycles. The summed E-state index contributed by atoms with van der Waals surface area (Å²) < 4.78 is 0. The molecule has 1 aliphatic heterocycles. The Hall–Kier alpha value is -4.57. The minimum absolute atomic E-state index is 0.110. The molecule has 4 N–H and O–H groups in total. The molecule has 0 bridgehead atoms. The molecule has 214 valence electrons. The van der Waals surface area contributed by atoms with Gasteiger partial charge in [0.25, 0.3) is 5.91 Å². The first-order chi connectivity index (χ1) is 20.0. The van der Waals surface area contributed by atoms with Gasteiger partial charge in [0.1, 0.15) is 11.0 Å². The van der Waals surface area contributed by atoms with Gasteiger partial charge in [-0.2, -0.15) is 0 Å². The number of carbonyl (C=O) groups is 2. The maximum Gasteiger partial charge on any atom is 0.253 e. The summed E-state index contributed by atoms with van der Waals surface area (Å²) in [5.74, 6) is 0.963. The van der Waals surface area contributed by atoms with Crippen LogP contribution in [0.4, 0.5) is 5.95 Å². The Kier molecular flexibility index (Phi) is 10.6. The van der Waals surface area contributed by atoms with Crippen molar-refractivity contribution in [3.05, 3.63) is 83.3 Å². The predicted molar refractivity (Wildman–Crippen MR) is 162 cm³/mol. The first kappa shape index (κ1) is 29.4. The molecule has 3 aromatic heterocycles. The third-order valence-corrected chi connectivity index (χ3v) is 7.06. The highest BCUT2D eigenvalue weighted by Crippen LogP contribution is 2.18. The average molecular weight is 555 g/mol. The predicted octanol–water partition coefficient (Wildman–Crippen LogP) is 2.78. The number of aromatic nitrogens is 5. The second-order valence-corrected chi connectivity index (χ2v) is 10.0. The minimum Gasteiger partial charge on any atom is -0.359 e. The number of carbonyl (C=O) groups excluding carboxylic acids is 2. The summed E-state index contributed by atoms with van der Waals surface area (Å²) in [7, 11) is 1.78. The van der Waals surface area contributed by atoms with Crippen LogP contribution in [-0.4, -0.2) is 68.7 Å². The number of aldehydes is 1. The lowest BCUT2D eigenvalue weighted by Crippen LogP contribution is -2.36. The molecule has 0 saturated carbocycles. The summed E-state index contributed by atoms with van der Waals surface area (Å²) in [6.45, 7) is 9.54. The summed E-state index contributed by atoms with van der Waals surface area (Å²) in [6.07, 6.45) is 13.0. The number of pyridine rings is 1. The van der Waals surface area contributed by atoms with Crippen molar-refractivity contribution in [2.24, 2.45) is 5.92 Å².